The second-order valence-corrected chi connectivity index (χ2v) is 5.09. The zero-order chi connectivity index (χ0) is 12.4. The molecule has 0 saturated carbocycles. The molecule has 0 aliphatic carbocycles. The van der Waals surface area contributed by atoms with Gasteiger partial charge in [-0.25, -0.2) is 0 Å². The number of aromatic nitrogens is 1. The Hall–Kier alpha value is -1.58. The topological polar surface area (TPSA) is 36.4 Å². The van der Waals surface area contributed by atoms with Crippen LogP contribution in [0.3, 0.4) is 0 Å². The number of pyridine rings is 1. The molecule has 3 heterocycles. The van der Waals surface area contributed by atoms with E-state index in [0.717, 1.165) is 44.7 Å². The molecule has 2 aliphatic rings. The summed E-state index contributed by atoms with van der Waals surface area (Å²) in [6.45, 7) is 3.96. The van der Waals surface area contributed by atoms with E-state index in [9.17, 15) is 4.79 Å². The zero-order valence-corrected chi connectivity index (χ0v) is 10.6. The van der Waals surface area contributed by atoms with Crippen LogP contribution in [0.15, 0.2) is 18.3 Å². The molecule has 4 heteroatoms. The average molecular weight is 245 g/mol. The van der Waals surface area contributed by atoms with Crippen LogP contribution in [0, 0.1) is 0 Å². The Morgan fingerprint density at radius 3 is 2.44 bits per heavy atom. The van der Waals surface area contributed by atoms with Crippen molar-refractivity contribution in [3.05, 3.63) is 24.0 Å². The van der Waals surface area contributed by atoms with Crippen LogP contribution in [-0.4, -0.2) is 42.0 Å². The van der Waals surface area contributed by atoms with E-state index in [0.29, 0.717) is 5.69 Å². The molecule has 1 amide bonds. The molecule has 0 bridgehead atoms. The van der Waals surface area contributed by atoms with Crippen molar-refractivity contribution in [3.63, 3.8) is 0 Å². The van der Waals surface area contributed by atoms with Gasteiger partial charge in [-0.2, -0.15) is 0 Å². The molecule has 0 unspecified atom stereocenters. The number of nitrogens with zero attached hydrogens (tertiary/aromatic N) is 3. The van der Waals surface area contributed by atoms with Crippen LogP contribution in [0.5, 0.6) is 0 Å². The fraction of sp³-hybridized carbons (Fsp3) is 0.571. The molecule has 0 spiro atoms. The third kappa shape index (κ3) is 2.19. The van der Waals surface area contributed by atoms with Crippen LogP contribution in [0.25, 0.3) is 0 Å². The number of anilines is 1. The number of rotatable bonds is 2. The Kier molecular flexibility index (Phi) is 3.17. The smallest absolute Gasteiger partial charge is 0.272 e. The van der Waals surface area contributed by atoms with Gasteiger partial charge in [0, 0.05) is 38.1 Å². The normalized spacial score (nSPS) is 19.6. The number of likely N-dealkylation sites (tertiary alicyclic amines) is 1. The molecular formula is C14H19N3O. The predicted octanol–water partition coefficient (Wildman–Crippen LogP) is 1.92. The van der Waals surface area contributed by atoms with Crippen molar-refractivity contribution in [2.75, 3.05) is 31.1 Å². The van der Waals surface area contributed by atoms with Crippen molar-refractivity contribution in [1.29, 1.82) is 0 Å². The molecule has 2 aliphatic heterocycles. The quantitative estimate of drug-likeness (QED) is 0.798. The first-order chi connectivity index (χ1) is 8.84. The van der Waals surface area contributed by atoms with Gasteiger partial charge < -0.3 is 9.80 Å². The number of hydrogen-bond acceptors (Lipinski definition) is 3. The van der Waals surface area contributed by atoms with Gasteiger partial charge in [0.2, 0.25) is 0 Å². The SMILES string of the molecule is O=C(c1cc(N2CCCC2)ccn1)N1CCCC1. The molecule has 0 N–H and O–H groups in total. The minimum Gasteiger partial charge on any atom is -0.371 e. The molecule has 0 atom stereocenters. The summed E-state index contributed by atoms with van der Waals surface area (Å²) in [5, 5.41) is 0. The lowest BCUT2D eigenvalue weighted by Gasteiger charge is -2.19. The van der Waals surface area contributed by atoms with E-state index in [1.54, 1.807) is 6.20 Å². The summed E-state index contributed by atoms with van der Waals surface area (Å²) in [6.07, 6.45) is 6.50. The molecule has 4 nitrogen and oxygen atoms in total. The van der Waals surface area contributed by atoms with Crippen LogP contribution >= 0.6 is 0 Å². The van der Waals surface area contributed by atoms with Crippen LogP contribution in [0.2, 0.25) is 0 Å². The van der Waals surface area contributed by atoms with E-state index >= 15 is 0 Å². The molecule has 0 aromatic carbocycles. The van der Waals surface area contributed by atoms with Crippen molar-refractivity contribution in [2.24, 2.45) is 0 Å². The lowest BCUT2D eigenvalue weighted by Crippen LogP contribution is -2.28. The molecular weight excluding hydrogens is 226 g/mol. The van der Waals surface area contributed by atoms with Crippen LogP contribution in [0.4, 0.5) is 5.69 Å². The molecule has 1 aromatic heterocycles. The van der Waals surface area contributed by atoms with Gasteiger partial charge in [-0.3, -0.25) is 9.78 Å². The van der Waals surface area contributed by atoms with Gasteiger partial charge in [0.05, 0.1) is 0 Å². The van der Waals surface area contributed by atoms with Crippen molar-refractivity contribution in [2.45, 2.75) is 25.7 Å². The summed E-state index contributed by atoms with van der Waals surface area (Å²) in [4.78, 5) is 20.7. The van der Waals surface area contributed by atoms with E-state index in [-0.39, 0.29) is 5.91 Å². The maximum absolute atomic E-state index is 12.3. The third-order valence-corrected chi connectivity index (χ3v) is 3.83. The van der Waals surface area contributed by atoms with Gasteiger partial charge in [-0.15, -0.1) is 0 Å². The molecule has 0 radical (unpaired) electrons. The first-order valence-corrected chi connectivity index (χ1v) is 6.85. The van der Waals surface area contributed by atoms with E-state index in [4.69, 9.17) is 0 Å². The lowest BCUT2D eigenvalue weighted by atomic mass is 10.2. The summed E-state index contributed by atoms with van der Waals surface area (Å²) in [7, 11) is 0. The fourth-order valence-corrected chi connectivity index (χ4v) is 2.79. The van der Waals surface area contributed by atoms with Crippen molar-refractivity contribution in [3.8, 4) is 0 Å². The third-order valence-electron chi connectivity index (χ3n) is 3.83. The average Bonchev–Trinajstić information content (AvgIpc) is 3.11. The molecule has 2 saturated heterocycles. The highest BCUT2D eigenvalue weighted by atomic mass is 16.2. The first kappa shape index (κ1) is 11.5. The maximum atomic E-state index is 12.3. The zero-order valence-electron chi connectivity index (χ0n) is 10.6. The highest BCUT2D eigenvalue weighted by Gasteiger charge is 2.21. The van der Waals surface area contributed by atoms with Crippen molar-refractivity contribution in [1.82, 2.24) is 9.88 Å². The van der Waals surface area contributed by atoms with E-state index in [2.05, 4.69) is 9.88 Å². The second kappa shape index (κ2) is 4.96. The van der Waals surface area contributed by atoms with Gasteiger partial charge in [0.15, 0.2) is 0 Å². The largest absolute Gasteiger partial charge is 0.371 e. The number of hydrogen-bond donors (Lipinski definition) is 0. The monoisotopic (exact) mass is 245 g/mol. The molecule has 1 aromatic rings. The van der Waals surface area contributed by atoms with Crippen molar-refractivity contribution >= 4 is 11.6 Å². The van der Waals surface area contributed by atoms with Crippen LogP contribution in [-0.2, 0) is 0 Å². The second-order valence-electron chi connectivity index (χ2n) is 5.09. The molecule has 2 fully saturated rings. The Labute approximate surface area is 108 Å². The number of amides is 1. The van der Waals surface area contributed by atoms with E-state index in [1.165, 1.54) is 12.8 Å². The Balaban J connectivity index is 1.79. The van der Waals surface area contributed by atoms with Gasteiger partial charge in [-0.05, 0) is 37.8 Å². The molecule has 3 rings (SSSR count). The Morgan fingerprint density at radius 1 is 1.06 bits per heavy atom. The standard InChI is InChI=1S/C14H19N3O/c18-14(17-9-3-4-10-17)13-11-12(5-6-15-13)16-7-1-2-8-16/h5-6,11H,1-4,7-10H2. The highest BCUT2D eigenvalue weighted by molar-refractivity contribution is 5.93. The lowest BCUT2D eigenvalue weighted by molar-refractivity contribution is 0.0787. The number of carbonyl (C=O) groups excluding carboxylic acids is 1. The minimum atomic E-state index is 0.0912. The Morgan fingerprint density at radius 2 is 1.72 bits per heavy atom. The van der Waals surface area contributed by atoms with Crippen LogP contribution in [0.1, 0.15) is 36.2 Å². The van der Waals surface area contributed by atoms with Gasteiger partial charge in [0.1, 0.15) is 5.69 Å². The highest BCUT2D eigenvalue weighted by Crippen LogP contribution is 2.21. The molecule has 18 heavy (non-hydrogen) atoms. The Bertz CT molecular complexity index is 434. The first-order valence-electron chi connectivity index (χ1n) is 6.85. The number of carbonyl (C=O) groups is 1. The van der Waals surface area contributed by atoms with Gasteiger partial charge >= 0.3 is 0 Å². The van der Waals surface area contributed by atoms with Gasteiger partial charge in [-0.1, -0.05) is 0 Å². The van der Waals surface area contributed by atoms with Crippen molar-refractivity contribution < 1.29 is 4.79 Å². The summed E-state index contributed by atoms with van der Waals surface area (Å²) in [5.41, 5.74) is 1.74. The van der Waals surface area contributed by atoms with E-state index < -0.39 is 0 Å². The maximum Gasteiger partial charge on any atom is 0.272 e. The summed E-state index contributed by atoms with van der Waals surface area (Å²) < 4.78 is 0. The molecule has 96 valence electrons. The van der Waals surface area contributed by atoms with Gasteiger partial charge in [0.25, 0.3) is 5.91 Å². The van der Waals surface area contributed by atoms with E-state index in [1.807, 2.05) is 17.0 Å². The summed E-state index contributed by atoms with van der Waals surface area (Å²) >= 11 is 0. The van der Waals surface area contributed by atoms with Crippen LogP contribution < -0.4 is 4.90 Å². The minimum absolute atomic E-state index is 0.0912. The fourth-order valence-electron chi connectivity index (χ4n) is 2.79. The summed E-state index contributed by atoms with van der Waals surface area (Å²) in [6, 6.07) is 3.96. The predicted molar refractivity (Wildman–Crippen MR) is 70.8 cm³/mol. The summed E-state index contributed by atoms with van der Waals surface area (Å²) in [5.74, 6) is 0.0912.